The maximum atomic E-state index is 10.4. The number of aliphatic hydroxyl groups is 1. The van der Waals surface area contributed by atoms with E-state index in [4.69, 9.17) is 4.74 Å². The van der Waals surface area contributed by atoms with Gasteiger partial charge in [-0.2, -0.15) is 11.8 Å². The Hall–Kier alpha value is -0.230. The summed E-state index contributed by atoms with van der Waals surface area (Å²) in [6.45, 7) is 1.43. The van der Waals surface area contributed by atoms with Gasteiger partial charge in [0.2, 0.25) is 0 Å². The van der Waals surface area contributed by atoms with Gasteiger partial charge in [-0.15, -0.1) is 0 Å². The fraction of sp³-hybridized carbons (Fsp3) is 0.571. The Morgan fingerprint density at radius 2 is 2.16 bits per heavy atom. The molecule has 2 N–H and O–H groups in total. The zero-order valence-corrected chi connectivity index (χ0v) is 13.5. The number of nitrogens with one attached hydrogen (secondary N) is 1. The first kappa shape index (κ1) is 15.2. The van der Waals surface area contributed by atoms with Gasteiger partial charge >= 0.3 is 0 Å². The molecule has 0 radical (unpaired) electrons. The van der Waals surface area contributed by atoms with Crippen LogP contribution in [-0.4, -0.2) is 35.9 Å². The molecule has 2 rings (SSSR count). The molecule has 1 heterocycles. The molecule has 3 nitrogen and oxygen atoms in total. The van der Waals surface area contributed by atoms with Crippen molar-refractivity contribution in [1.29, 1.82) is 0 Å². The summed E-state index contributed by atoms with van der Waals surface area (Å²) in [6.07, 6.45) is 1.77. The predicted octanol–water partition coefficient (Wildman–Crippen LogP) is 2.81. The van der Waals surface area contributed by atoms with Crippen molar-refractivity contribution < 1.29 is 9.84 Å². The van der Waals surface area contributed by atoms with Crippen molar-refractivity contribution in [3.05, 3.63) is 28.2 Å². The summed E-state index contributed by atoms with van der Waals surface area (Å²) in [5, 5.41) is 13.7. The van der Waals surface area contributed by atoms with E-state index in [1.54, 1.807) is 7.11 Å². The minimum Gasteiger partial charge on any atom is -0.496 e. The Kier molecular flexibility index (Phi) is 5.57. The molecule has 0 spiro atoms. The summed E-state index contributed by atoms with van der Waals surface area (Å²) < 4.78 is 6.17. The molecule has 0 bridgehead atoms. The minimum absolute atomic E-state index is 0.519. The summed E-state index contributed by atoms with van der Waals surface area (Å²) in [7, 11) is 1.66. The van der Waals surface area contributed by atoms with E-state index in [0.717, 1.165) is 41.1 Å². The Morgan fingerprint density at radius 3 is 2.79 bits per heavy atom. The molecule has 1 aliphatic heterocycles. The Bertz CT molecular complexity index is 422. The highest BCUT2D eigenvalue weighted by Crippen LogP contribution is 2.27. The molecule has 1 aromatic carbocycles. The van der Waals surface area contributed by atoms with Gasteiger partial charge in [-0.3, -0.25) is 0 Å². The number of benzene rings is 1. The van der Waals surface area contributed by atoms with Gasteiger partial charge < -0.3 is 15.2 Å². The molecule has 0 aliphatic carbocycles. The number of rotatable bonds is 5. The van der Waals surface area contributed by atoms with Crippen molar-refractivity contribution >= 4 is 27.7 Å². The van der Waals surface area contributed by atoms with Crippen molar-refractivity contribution in [2.75, 3.05) is 25.2 Å². The molecule has 1 aliphatic rings. The van der Waals surface area contributed by atoms with Crippen LogP contribution in [0.5, 0.6) is 5.75 Å². The summed E-state index contributed by atoms with van der Waals surface area (Å²) in [4.78, 5) is 0. The molecule has 1 aromatic rings. The highest BCUT2D eigenvalue weighted by molar-refractivity contribution is 9.10. The lowest BCUT2D eigenvalue weighted by Gasteiger charge is -2.32. The predicted molar refractivity (Wildman–Crippen MR) is 83.9 cm³/mol. The number of methoxy groups -OCH3 is 1. The second-order valence-corrected chi connectivity index (χ2v) is 6.99. The highest BCUT2D eigenvalue weighted by atomic mass is 79.9. The fourth-order valence-corrected chi connectivity index (χ4v) is 4.03. The second-order valence-electron chi connectivity index (χ2n) is 4.91. The van der Waals surface area contributed by atoms with Crippen LogP contribution in [0.15, 0.2) is 22.7 Å². The van der Waals surface area contributed by atoms with Crippen LogP contribution in [-0.2, 0) is 6.54 Å². The average Bonchev–Trinajstić information content (AvgIpc) is 2.39. The van der Waals surface area contributed by atoms with E-state index < -0.39 is 5.60 Å². The number of thioether (sulfide) groups is 1. The molecule has 0 saturated carbocycles. The van der Waals surface area contributed by atoms with Gasteiger partial charge in [-0.25, -0.2) is 0 Å². The van der Waals surface area contributed by atoms with Crippen LogP contribution >= 0.6 is 27.7 Å². The first-order valence-electron chi connectivity index (χ1n) is 6.46. The van der Waals surface area contributed by atoms with Gasteiger partial charge in [-0.05, 0) is 58.0 Å². The molecule has 19 heavy (non-hydrogen) atoms. The van der Waals surface area contributed by atoms with E-state index in [-0.39, 0.29) is 0 Å². The lowest BCUT2D eigenvalue weighted by molar-refractivity contribution is 0.0320. The lowest BCUT2D eigenvalue weighted by atomic mass is 9.97. The molecule has 0 unspecified atom stereocenters. The summed E-state index contributed by atoms with van der Waals surface area (Å²) >= 11 is 5.41. The summed E-state index contributed by atoms with van der Waals surface area (Å²) in [5.41, 5.74) is 0.663. The largest absolute Gasteiger partial charge is 0.496 e. The highest BCUT2D eigenvalue weighted by Gasteiger charge is 2.28. The smallest absolute Gasteiger partial charge is 0.133 e. The van der Waals surface area contributed by atoms with Crippen molar-refractivity contribution in [1.82, 2.24) is 5.32 Å². The minimum atomic E-state index is -0.519. The third kappa shape index (κ3) is 4.38. The molecule has 0 amide bonds. The monoisotopic (exact) mass is 345 g/mol. The van der Waals surface area contributed by atoms with Gasteiger partial charge in [0.1, 0.15) is 5.75 Å². The van der Waals surface area contributed by atoms with Crippen LogP contribution in [0.25, 0.3) is 0 Å². The Morgan fingerprint density at radius 1 is 1.42 bits per heavy atom. The molecule has 1 fully saturated rings. The van der Waals surface area contributed by atoms with E-state index in [1.165, 1.54) is 5.56 Å². The van der Waals surface area contributed by atoms with Gasteiger partial charge in [0.05, 0.1) is 17.2 Å². The van der Waals surface area contributed by atoms with Gasteiger partial charge in [0.15, 0.2) is 0 Å². The standard InChI is InChI=1S/C14H20BrNO2S/c1-18-13-3-2-11(8-12(13)15)9-16-10-14(17)4-6-19-7-5-14/h2-3,8,16-17H,4-7,9-10H2,1H3. The summed E-state index contributed by atoms with van der Waals surface area (Å²) in [6, 6.07) is 6.04. The first-order valence-corrected chi connectivity index (χ1v) is 8.41. The third-order valence-electron chi connectivity index (χ3n) is 3.42. The van der Waals surface area contributed by atoms with E-state index >= 15 is 0 Å². The quantitative estimate of drug-likeness (QED) is 0.860. The van der Waals surface area contributed by atoms with Gasteiger partial charge in [-0.1, -0.05) is 6.07 Å². The molecular formula is C14H20BrNO2S. The maximum absolute atomic E-state index is 10.4. The van der Waals surface area contributed by atoms with E-state index in [1.807, 2.05) is 30.0 Å². The lowest BCUT2D eigenvalue weighted by Crippen LogP contribution is -2.43. The van der Waals surface area contributed by atoms with Crippen LogP contribution in [0.2, 0.25) is 0 Å². The Balaban J connectivity index is 1.83. The number of hydrogen-bond donors (Lipinski definition) is 2. The van der Waals surface area contributed by atoms with Gasteiger partial charge in [0.25, 0.3) is 0 Å². The third-order valence-corrected chi connectivity index (χ3v) is 5.03. The van der Waals surface area contributed by atoms with Crippen LogP contribution in [0.4, 0.5) is 0 Å². The van der Waals surface area contributed by atoms with E-state index in [2.05, 4.69) is 21.2 Å². The number of halogens is 1. The number of ether oxygens (including phenoxy) is 1. The summed E-state index contributed by atoms with van der Waals surface area (Å²) in [5.74, 6) is 2.96. The molecule has 1 saturated heterocycles. The van der Waals surface area contributed by atoms with Crippen molar-refractivity contribution in [2.45, 2.75) is 25.0 Å². The van der Waals surface area contributed by atoms with Gasteiger partial charge in [0, 0.05) is 13.1 Å². The topological polar surface area (TPSA) is 41.5 Å². The van der Waals surface area contributed by atoms with E-state index in [9.17, 15) is 5.11 Å². The van der Waals surface area contributed by atoms with Crippen LogP contribution < -0.4 is 10.1 Å². The molecule has 106 valence electrons. The van der Waals surface area contributed by atoms with Crippen molar-refractivity contribution in [2.24, 2.45) is 0 Å². The molecule has 0 atom stereocenters. The van der Waals surface area contributed by atoms with Crippen LogP contribution in [0.3, 0.4) is 0 Å². The first-order chi connectivity index (χ1) is 9.13. The molecule has 0 aromatic heterocycles. The average molecular weight is 346 g/mol. The van der Waals surface area contributed by atoms with Crippen LogP contribution in [0.1, 0.15) is 18.4 Å². The normalized spacial score (nSPS) is 18.3. The zero-order valence-electron chi connectivity index (χ0n) is 11.1. The van der Waals surface area contributed by atoms with E-state index in [0.29, 0.717) is 6.54 Å². The zero-order chi connectivity index (χ0) is 13.7. The fourth-order valence-electron chi connectivity index (χ4n) is 2.19. The number of hydrogen-bond acceptors (Lipinski definition) is 4. The van der Waals surface area contributed by atoms with Crippen molar-refractivity contribution in [3.8, 4) is 5.75 Å². The van der Waals surface area contributed by atoms with Crippen molar-refractivity contribution in [3.63, 3.8) is 0 Å². The maximum Gasteiger partial charge on any atom is 0.133 e. The second kappa shape index (κ2) is 6.97. The molecular weight excluding hydrogens is 326 g/mol. The Labute approximate surface area is 127 Å². The SMILES string of the molecule is COc1ccc(CNCC2(O)CCSCC2)cc1Br. The van der Waals surface area contributed by atoms with Crippen LogP contribution in [0, 0.1) is 0 Å². The molecule has 5 heteroatoms.